The minimum atomic E-state index is 0.551. The highest BCUT2D eigenvalue weighted by Gasteiger charge is 2.33. The van der Waals surface area contributed by atoms with Gasteiger partial charge in [0.15, 0.2) is 0 Å². The molecule has 2 nitrogen and oxygen atoms in total. The minimum Gasteiger partial charge on any atom is -0.377 e. The monoisotopic (exact) mass is 243 g/mol. The van der Waals surface area contributed by atoms with E-state index in [0.717, 1.165) is 30.4 Å². The smallest absolute Gasteiger partial charge is 0.0666 e. The molecular weight excluding hydrogens is 218 g/mol. The first-order valence-electron chi connectivity index (χ1n) is 6.78. The quantitative estimate of drug-likeness (QED) is 0.802. The van der Waals surface area contributed by atoms with Crippen LogP contribution in [0.15, 0.2) is 0 Å². The largest absolute Gasteiger partial charge is 0.377 e. The number of rotatable bonds is 5. The van der Waals surface area contributed by atoms with Crippen LogP contribution >= 0.6 is 11.8 Å². The summed E-state index contributed by atoms with van der Waals surface area (Å²) in [7, 11) is 0. The summed E-state index contributed by atoms with van der Waals surface area (Å²) in [6.45, 7) is 6.72. The molecule has 0 radical (unpaired) electrons. The Kier molecular flexibility index (Phi) is 4.98. The van der Waals surface area contributed by atoms with Gasteiger partial charge in [0.25, 0.3) is 0 Å². The molecule has 1 aliphatic carbocycles. The molecule has 0 aromatic heterocycles. The molecule has 1 N–H and O–H groups in total. The van der Waals surface area contributed by atoms with E-state index < -0.39 is 0 Å². The lowest BCUT2D eigenvalue weighted by atomic mass is 10.1. The van der Waals surface area contributed by atoms with E-state index in [0.29, 0.717) is 6.10 Å². The topological polar surface area (TPSA) is 21.3 Å². The summed E-state index contributed by atoms with van der Waals surface area (Å²) in [6, 6.07) is 0.756. The fourth-order valence-electron chi connectivity index (χ4n) is 2.92. The van der Waals surface area contributed by atoms with Crippen molar-refractivity contribution in [3.05, 3.63) is 0 Å². The SMILES string of the molecule is CCNC1CCC(SCC2CCCO2)C1C. The molecule has 1 saturated carbocycles. The summed E-state index contributed by atoms with van der Waals surface area (Å²) in [5, 5.41) is 4.46. The summed E-state index contributed by atoms with van der Waals surface area (Å²) in [6.07, 6.45) is 5.85. The van der Waals surface area contributed by atoms with Crippen LogP contribution in [0.2, 0.25) is 0 Å². The van der Waals surface area contributed by atoms with E-state index in [-0.39, 0.29) is 0 Å². The Morgan fingerprint density at radius 3 is 2.88 bits per heavy atom. The van der Waals surface area contributed by atoms with Crippen molar-refractivity contribution in [2.75, 3.05) is 18.9 Å². The number of thioether (sulfide) groups is 1. The number of hydrogen-bond acceptors (Lipinski definition) is 3. The Morgan fingerprint density at radius 1 is 1.31 bits per heavy atom. The van der Waals surface area contributed by atoms with Crippen LogP contribution < -0.4 is 5.32 Å². The third-order valence-corrected chi connectivity index (χ3v) is 5.63. The van der Waals surface area contributed by atoms with Gasteiger partial charge in [0.2, 0.25) is 0 Å². The van der Waals surface area contributed by atoms with Gasteiger partial charge in [-0.25, -0.2) is 0 Å². The first kappa shape index (κ1) is 12.7. The molecule has 4 unspecified atom stereocenters. The van der Waals surface area contributed by atoms with Crippen molar-refractivity contribution in [1.82, 2.24) is 5.32 Å². The molecule has 1 saturated heterocycles. The van der Waals surface area contributed by atoms with Gasteiger partial charge in [-0.05, 0) is 38.1 Å². The van der Waals surface area contributed by atoms with Crippen molar-refractivity contribution in [2.24, 2.45) is 5.92 Å². The Bertz CT molecular complexity index is 206. The third-order valence-electron chi connectivity index (χ3n) is 3.97. The molecular formula is C13H25NOS. The standard InChI is InChI=1S/C13H25NOS/c1-3-14-12-6-7-13(10(12)2)16-9-11-5-4-8-15-11/h10-14H,3-9H2,1-2H3. The average molecular weight is 243 g/mol. The third kappa shape index (κ3) is 3.14. The van der Waals surface area contributed by atoms with Crippen LogP contribution in [0.5, 0.6) is 0 Å². The van der Waals surface area contributed by atoms with Gasteiger partial charge in [0.1, 0.15) is 0 Å². The highest BCUT2D eigenvalue weighted by Crippen LogP contribution is 2.36. The van der Waals surface area contributed by atoms with Gasteiger partial charge >= 0.3 is 0 Å². The fraction of sp³-hybridized carbons (Fsp3) is 1.00. The molecule has 0 bridgehead atoms. The zero-order valence-electron chi connectivity index (χ0n) is 10.6. The maximum Gasteiger partial charge on any atom is 0.0666 e. The molecule has 1 aliphatic heterocycles. The van der Waals surface area contributed by atoms with Crippen LogP contribution in [0, 0.1) is 5.92 Å². The second-order valence-electron chi connectivity index (χ2n) is 5.11. The van der Waals surface area contributed by atoms with Crippen molar-refractivity contribution < 1.29 is 4.74 Å². The first-order chi connectivity index (χ1) is 7.81. The average Bonchev–Trinajstić information content (AvgIpc) is 2.89. The van der Waals surface area contributed by atoms with E-state index in [2.05, 4.69) is 30.9 Å². The number of hydrogen-bond donors (Lipinski definition) is 1. The van der Waals surface area contributed by atoms with Crippen LogP contribution in [0.25, 0.3) is 0 Å². The van der Waals surface area contributed by atoms with Crippen LogP contribution in [-0.2, 0) is 4.74 Å². The van der Waals surface area contributed by atoms with Crippen molar-refractivity contribution >= 4 is 11.8 Å². The second-order valence-corrected chi connectivity index (χ2v) is 6.38. The van der Waals surface area contributed by atoms with Crippen LogP contribution in [0.4, 0.5) is 0 Å². The normalized spacial score (nSPS) is 39.4. The minimum absolute atomic E-state index is 0.551. The predicted octanol–water partition coefficient (Wildman–Crippen LogP) is 2.68. The molecule has 2 fully saturated rings. The van der Waals surface area contributed by atoms with Crippen LogP contribution in [0.1, 0.15) is 39.5 Å². The molecule has 4 atom stereocenters. The highest BCUT2D eigenvalue weighted by atomic mass is 32.2. The lowest BCUT2D eigenvalue weighted by molar-refractivity contribution is 0.128. The molecule has 16 heavy (non-hydrogen) atoms. The molecule has 94 valence electrons. The van der Waals surface area contributed by atoms with Crippen molar-refractivity contribution in [3.8, 4) is 0 Å². The molecule has 0 aromatic carbocycles. The van der Waals surface area contributed by atoms with E-state index in [1.165, 1.54) is 31.4 Å². The van der Waals surface area contributed by atoms with Crippen LogP contribution in [-0.4, -0.2) is 36.3 Å². The van der Waals surface area contributed by atoms with E-state index >= 15 is 0 Å². The summed E-state index contributed by atoms with van der Waals surface area (Å²) in [4.78, 5) is 0. The predicted molar refractivity (Wildman–Crippen MR) is 71.1 cm³/mol. The second kappa shape index (κ2) is 6.27. The van der Waals surface area contributed by atoms with Gasteiger partial charge in [0.05, 0.1) is 6.10 Å². The van der Waals surface area contributed by atoms with E-state index in [1.807, 2.05) is 0 Å². The molecule has 2 aliphatic rings. The zero-order chi connectivity index (χ0) is 11.4. The van der Waals surface area contributed by atoms with Gasteiger partial charge in [-0.3, -0.25) is 0 Å². The van der Waals surface area contributed by atoms with E-state index in [1.54, 1.807) is 0 Å². The maximum atomic E-state index is 5.69. The van der Waals surface area contributed by atoms with Gasteiger partial charge < -0.3 is 10.1 Å². The number of ether oxygens (including phenoxy) is 1. The van der Waals surface area contributed by atoms with Gasteiger partial charge in [-0.2, -0.15) is 11.8 Å². The van der Waals surface area contributed by atoms with Crippen molar-refractivity contribution in [3.63, 3.8) is 0 Å². The molecule has 3 heteroatoms. The molecule has 0 aromatic rings. The van der Waals surface area contributed by atoms with Crippen molar-refractivity contribution in [2.45, 2.75) is 56.9 Å². The van der Waals surface area contributed by atoms with Gasteiger partial charge in [0, 0.05) is 23.7 Å². The first-order valence-corrected chi connectivity index (χ1v) is 7.82. The highest BCUT2D eigenvalue weighted by molar-refractivity contribution is 7.99. The van der Waals surface area contributed by atoms with E-state index in [4.69, 9.17) is 4.74 Å². The Labute approximate surface area is 104 Å². The molecule has 1 heterocycles. The lowest BCUT2D eigenvalue weighted by Crippen LogP contribution is -2.33. The fourth-order valence-corrected chi connectivity index (χ4v) is 4.44. The Hall–Kier alpha value is 0.270. The van der Waals surface area contributed by atoms with Gasteiger partial charge in [-0.15, -0.1) is 0 Å². The summed E-state index contributed by atoms with van der Waals surface area (Å²) < 4.78 is 5.69. The zero-order valence-corrected chi connectivity index (χ0v) is 11.4. The Balaban J connectivity index is 1.69. The Morgan fingerprint density at radius 2 is 2.19 bits per heavy atom. The van der Waals surface area contributed by atoms with E-state index in [9.17, 15) is 0 Å². The lowest BCUT2D eigenvalue weighted by Gasteiger charge is -2.22. The molecule has 2 rings (SSSR count). The maximum absolute atomic E-state index is 5.69. The van der Waals surface area contributed by atoms with Crippen molar-refractivity contribution in [1.29, 1.82) is 0 Å². The summed E-state index contributed by atoms with van der Waals surface area (Å²) in [5.41, 5.74) is 0. The number of nitrogens with one attached hydrogen (secondary N) is 1. The van der Waals surface area contributed by atoms with Crippen LogP contribution in [0.3, 0.4) is 0 Å². The molecule has 0 spiro atoms. The van der Waals surface area contributed by atoms with Gasteiger partial charge in [-0.1, -0.05) is 13.8 Å². The summed E-state index contributed by atoms with van der Waals surface area (Å²) in [5.74, 6) is 2.04. The molecule has 0 amide bonds. The summed E-state index contributed by atoms with van der Waals surface area (Å²) >= 11 is 2.15.